The summed E-state index contributed by atoms with van der Waals surface area (Å²) in [5, 5.41) is 19.6. The Labute approximate surface area is 124 Å². The maximum atomic E-state index is 12.3. The lowest BCUT2D eigenvalue weighted by molar-refractivity contribution is -0.380. The van der Waals surface area contributed by atoms with Crippen molar-refractivity contribution in [3.63, 3.8) is 0 Å². The van der Waals surface area contributed by atoms with Crippen LogP contribution in [0.5, 0.6) is 0 Å². The van der Waals surface area contributed by atoms with Crippen LogP contribution in [0.3, 0.4) is 0 Å². The predicted molar refractivity (Wildman–Crippen MR) is 78.2 cm³/mol. The van der Waals surface area contributed by atoms with Crippen molar-refractivity contribution in [3.8, 4) is 6.07 Å². The van der Waals surface area contributed by atoms with Crippen LogP contribution in [0.1, 0.15) is 4.88 Å². The zero-order valence-electron chi connectivity index (χ0n) is 10.5. The highest BCUT2D eigenvalue weighted by Crippen LogP contribution is 2.28. The maximum Gasteiger partial charge on any atom is 0.324 e. The Morgan fingerprint density at radius 1 is 1.24 bits per heavy atom. The molecule has 0 aliphatic carbocycles. The Hall–Kier alpha value is -2.50. The number of nitro groups is 1. The quantitative estimate of drug-likeness (QED) is 0.489. The Morgan fingerprint density at radius 2 is 1.90 bits per heavy atom. The third kappa shape index (κ3) is 3.16. The monoisotopic (exact) mass is 320 g/mol. The average Bonchev–Trinajstić information content (AvgIpc) is 2.94. The Kier molecular flexibility index (Phi) is 4.16. The van der Waals surface area contributed by atoms with E-state index in [0.717, 1.165) is 17.4 Å². The predicted octanol–water partition coefficient (Wildman–Crippen LogP) is 2.99. The van der Waals surface area contributed by atoms with Gasteiger partial charge in [-0.25, -0.2) is 8.42 Å². The minimum atomic E-state index is -3.92. The number of hydrogen-bond donors (Lipinski definition) is 0. The lowest BCUT2D eigenvalue weighted by Gasteiger charge is -2.01. The van der Waals surface area contributed by atoms with Crippen molar-refractivity contribution in [3.05, 3.63) is 62.4 Å². The molecular formula is C13H8N2O4S2. The van der Waals surface area contributed by atoms with Crippen LogP contribution in [0.25, 0.3) is 6.08 Å². The molecule has 2 aromatic rings. The first-order valence-corrected chi connectivity index (χ1v) is 7.91. The molecule has 106 valence electrons. The molecule has 0 N–H and O–H groups in total. The van der Waals surface area contributed by atoms with Crippen molar-refractivity contribution in [2.75, 3.05) is 0 Å². The minimum Gasteiger partial charge on any atom is -0.258 e. The van der Waals surface area contributed by atoms with E-state index in [1.54, 1.807) is 24.3 Å². The van der Waals surface area contributed by atoms with Gasteiger partial charge in [0.15, 0.2) is 4.91 Å². The highest BCUT2D eigenvalue weighted by molar-refractivity contribution is 7.95. The molecule has 8 heteroatoms. The van der Waals surface area contributed by atoms with Crippen molar-refractivity contribution in [1.82, 2.24) is 0 Å². The Morgan fingerprint density at radius 3 is 2.43 bits per heavy atom. The minimum absolute atomic E-state index is 0.00357. The number of nitrogens with zero attached hydrogens (tertiary/aromatic N) is 2. The molecule has 0 bridgehead atoms. The molecule has 0 aliphatic heterocycles. The van der Waals surface area contributed by atoms with Crippen molar-refractivity contribution >= 4 is 32.3 Å². The van der Waals surface area contributed by atoms with E-state index in [4.69, 9.17) is 5.26 Å². The lowest BCUT2D eigenvalue weighted by Crippen LogP contribution is -2.02. The molecule has 21 heavy (non-hydrogen) atoms. The van der Waals surface area contributed by atoms with E-state index in [-0.39, 0.29) is 9.90 Å². The van der Waals surface area contributed by atoms with Gasteiger partial charge in [0.25, 0.3) is 0 Å². The van der Waals surface area contributed by atoms with Crippen LogP contribution >= 0.6 is 11.3 Å². The van der Waals surface area contributed by atoms with Crippen molar-refractivity contribution in [2.45, 2.75) is 4.90 Å². The van der Waals surface area contributed by atoms with Crippen LogP contribution < -0.4 is 0 Å². The first-order chi connectivity index (χ1) is 9.95. The van der Waals surface area contributed by atoms with Crippen LogP contribution in [-0.4, -0.2) is 13.3 Å². The number of allylic oxidation sites excluding steroid dienone is 1. The second kappa shape index (κ2) is 5.87. The number of hydrogen-bond acceptors (Lipinski definition) is 6. The van der Waals surface area contributed by atoms with Crippen LogP contribution in [0.2, 0.25) is 0 Å². The van der Waals surface area contributed by atoms with Gasteiger partial charge < -0.3 is 0 Å². The fraction of sp³-hybridized carbons (Fsp3) is 0. The molecule has 0 radical (unpaired) electrons. The molecule has 6 nitrogen and oxygen atoms in total. The first-order valence-electron chi connectivity index (χ1n) is 5.61. The second-order valence-electron chi connectivity index (χ2n) is 3.87. The lowest BCUT2D eigenvalue weighted by atomic mass is 10.4. The Balaban J connectivity index is 2.46. The van der Waals surface area contributed by atoms with Crippen LogP contribution in [-0.2, 0) is 9.84 Å². The molecule has 0 saturated carbocycles. The summed E-state index contributed by atoms with van der Waals surface area (Å²) in [5.41, 5.74) is 0. The van der Waals surface area contributed by atoms with Gasteiger partial charge in [-0.2, -0.15) is 5.26 Å². The Bertz CT molecular complexity index is 846. The van der Waals surface area contributed by atoms with Gasteiger partial charge in [-0.1, -0.05) is 29.5 Å². The summed E-state index contributed by atoms with van der Waals surface area (Å²) in [6, 6.07) is 11.8. The van der Waals surface area contributed by atoms with E-state index >= 15 is 0 Å². The number of sulfone groups is 1. The molecule has 1 aromatic heterocycles. The standard InChI is InChI=1S/C13H8N2O4S2/c14-9-12(8-10-6-7-13(20-10)15(16)17)21(18,19)11-4-2-1-3-5-11/h1-8H/b12-8-. The first kappa shape index (κ1) is 14.9. The second-order valence-corrected chi connectivity index (χ2v) is 6.88. The molecule has 0 spiro atoms. The summed E-state index contributed by atoms with van der Waals surface area (Å²) in [6.45, 7) is 0. The number of rotatable bonds is 4. The largest absolute Gasteiger partial charge is 0.324 e. The van der Waals surface area contributed by atoms with E-state index in [1.165, 1.54) is 24.3 Å². The summed E-state index contributed by atoms with van der Waals surface area (Å²) in [4.78, 5) is 9.91. The molecule has 1 heterocycles. The number of thiophene rings is 1. The van der Waals surface area contributed by atoms with E-state index < -0.39 is 19.7 Å². The third-order valence-corrected chi connectivity index (χ3v) is 5.18. The van der Waals surface area contributed by atoms with E-state index in [1.807, 2.05) is 0 Å². The molecular weight excluding hydrogens is 312 g/mol. The summed E-state index contributed by atoms with van der Waals surface area (Å²) in [6.07, 6.45) is 1.14. The van der Waals surface area contributed by atoms with Crippen LogP contribution in [0.4, 0.5) is 5.00 Å². The fourth-order valence-electron chi connectivity index (χ4n) is 1.54. The van der Waals surface area contributed by atoms with Gasteiger partial charge in [0.05, 0.1) is 9.82 Å². The van der Waals surface area contributed by atoms with Gasteiger partial charge in [-0.15, -0.1) is 0 Å². The number of benzene rings is 1. The zero-order chi connectivity index (χ0) is 15.5. The van der Waals surface area contributed by atoms with Gasteiger partial charge in [0, 0.05) is 10.9 Å². The molecule has 0 atom stereocenters. The molecule has 0 unspecified atom stereocenters. The summed E-state index contributed by atoms with van der Waals surface area (Å²) < 4.78 is 24.6. The highest BCUT2D eigenvalue weighted by Gasteiger charge is 2.21. The summed E-state index contributed by atoms with van der Waals surface area (Å²) in [5.74, 6) is 0. The summed E-state index contributed by atoms with van der Waals surface area (Å²) >= 11 is 0.805. The fourth-order valence-corrected chi connectivity index (χ4v) is 3.55. The van der Waals surface area contributed by atoms with E-state index in [9.17, 15) is 18.5 Å². The van der Waals surface area contributed by atoms with Gasteiger partial charge in [0.1, 0.15) is 6.07 Å². The SMILES string of the molecule is N#C/C(=C/c1ccc([N+](=O)[O-])s1)S(=O)(=O)c1ccccc1. The number of nitriles is 1. The molecule has 0 fully saturated rings. The van der Waals surface area contributed by atoms with E-state index in [0.29, 0.717) is 4.88 Å². The normalized spacial score (nSPS) is 11.9. The van der Waals surface area contributed by atoms with Crippen molar-refractivity contribution in [1.29, 1.82) is 5.26 Å². The van der Waals surface area contributed by atoms with Crippen LogP contribution in [0, 0.1) is 21.4 Å². The van der Waals surface area contributed by atoms with Gasteiger partial charge in [-0.3, -0.25) is 10.1 Å². The molecule has 2 rings (SSSR count). The van der Waals surface area contributed by atoms with Crippen molar-refractivity contribution < 1.29 is 13.3 Å². The smallest absolute Gasteiger partial charge is 0.258 e. The van der Waals surface area contributed by atoms with Gasteiger partial charge >= 0.3 is 5.00 Å². The maximum absolute atomic E-state index is 12.3. The molecule has 0 amide bonds. The molecule has 0 aliphatic rings. The average molecular weight is 320 g/mol. The van der Waals surface area contributed by atoms with Crippen LogP contribution in [0.15, 0.2) is 52.3 Å². The van der Waals surface area contributed by atoms with E-state index in [2.05, 4.69) is 0 Å². The third-order valence-electron chi connectivity index (χ3n) is 2.52. The zero-order valence-corrected chi connectivity index (χ0v) is 12.1. The van der Waals surface area contributed by atoms with Gasteiger partial charge in [-0.05, 0) is 24.3 Å². The summed E-state index contributed by atoms with van der Waals surface area (Å²) in [7, 11) is -3.92. The van der Waals surface area contributed by atoms with Crippen molar-refractivity contribution in [2.24, 2.45) is 0 Å². The highest BCUT2D eigenvalue weighted by atomic mass is 32.2. The molecule has 1 aromatic carbocycles. The topological polar surface area (TPSA) is 101 Å². The van der Waals surface area contributed by atoms with Gasteiger partial charge in [0.2, 0.25) is 9.84 Å². The molecule has 0 saturated heterocycles.